The molecule has 0 aromatic heterocycles. The third kappa shape index (κ3) is 2.67. The van der Waals surface area contributed by atoms with Crippen molar-refractivity contribution < 1.29 is 14.9 Å². The van der Waals surface area contributed by atoms with Gasteiger partial charge < -0.3 is 10.6 Å². The first kappa shape index (κ1) is 14.1. The molecule has 7 nitrogen and oxygen atoms in total. The van der Waals surface area contributed by atoms with Gasteiger partial charge in [-0.3, -0.25) is 9.59 Å². The summed E-state index contributed by atoms with van der Waals surface area (Å²) in [4.78, 5) is 36.7. The fraction of sp³-hybridized carbons (Fsp3) is 0.385. The van der Waals surface area contributed by atoms with Gasteiger partial charge in [0.05, 0.1) is 6.54 Å². The van der Waals surface area contributed by atoms with Crippen LogP contribution in [0.4, 0.5) is 5.69 Å². The molecule has 1 aliphatic rings. The number of hydrogen-bond donors (Lipinski definition) is 2. The Bertz CT molecular complexity index is 506. The SMILES string of the molecule is NCC(=O)N1CCC[C@H]1C(=O)N([NH+]=O)c1ccccc1. The highest BCUT2D eigenvalue weighted by Gasteiger charge is 2.39. The predicted octanol–water partition coefficient (Wildman–Crippen LogP) is -1.27. The van der Waals surface area contributed by atoms with E-state index in [9.17, 15) is 14.5 Å². The molecule has 106 valence electrons. The minimum absolute atomic E-state index is 0.139. The van der Waals surface area contributed by atoms with Crippen molar-refractivity contribution in [3.05, 3.63) is 35.2 Å². The summed E-state index contributed by atoms with van der Waals surface area (Å²) < 4.78 is 0. The lowest BCUT2D eigenvalue weighted by molar-refractivity contribution is -0.485. The Morgan fingerprint density at radius 3 is 2.65 bits per heavy atom. The number of carbonyl (C=O) groups excluding carboxylic acids is 2. The fourth-order valence-corrected chi connectivity index (χ4v) is 2.39. The number of hydrogen-bond acceptors (Lipinski definition) is 4. The number of anilines is 1. The van der Waals surface area contributed by atoms with E-state index >= 15 is 0 Å². The number of para-hydroxylation sites is 1. The summed E-state index contributed by atoms with van der Waals surface area (Å²) in [6.45, 7) is 0.355. The first-order valence-electron chi connectivity index (χ1n) is 6.45. The molecule has 2 rings (SSSR count). The van der Waals surface area contributed by atoms with Gasteiger partial charge in [0.25, 0.3) is 0 Å². The summed E-state index contributed by atoms with van der Waals surface area (Å²) in [5.74, 6) is -0.717. The number of carbonyl (C=O) groups is 2. The van der Waals surface area contributed by atoms with Gasteiger partial charge in [-0.05, 0) is 30.0 Å². The molecule has 0 aliphatic carbocycles. The number of likely N-dealkylation sites (tertiary alicyclic amines) is 1. The van der Waals surface area contributed by atoms with Gasteiger partial charge >= 0.3 is 5.91 Å². The Balaban J connectivity index is 2.20. The largest absolute Gasteiger partial charge is 0.329 e. The van der Waals surface area contributed by atoms with Crippen LogP contribution in [0.1, 0.15) is 12.8 Å². The second-order valence-corrected chi connectivity index (χ2v) is 4.55. The zero-order chi connectivity index (χ0) is 14.5. The maximum absolute atomic E-state index is 12.4. The molecule has 1 aromatic carbocycles. The monoisotopic (exact) mass is 277 g/mol. The average Bonchev–Trinajstić information content (AvgIpc) is 2.97. The van der Waals surface area contributed by atoms with Crippen LogP contribution in [0, 0.1) is 4.91 Å². The maximum atomic E-state index is 12.4. The number of amides is 2. The topological polar surface area (TPSA) is 97.7 Å². The van der Waals surface area contributed by atoms with E-state index in [1.54, 1.807) is 35.6 Å². The molecule has 0 unspecified atom stereocenters. The lowest BCUT2D eigenvalue weighted by atomic mass is 10.2. The molecule has 1 saturated heterocycles. The molecule has 1 aromatic rings. The van der Waals surface area contributed by atoms with Crippen LogP contribution in [0.15, 0.2) is 30.3 Å². The standard InChI is InChI=1S/C13H16N4O3/c14-9-12(18)16-8-4-7-11(16)13(19)17(15-20)10-5-2-1-3-6-10/h1-3,5-6,11H,4,7-9,14H2/p+1/t11-/m0/s1. The molecule has 0 radical (unpaired) electrons. The Hall–Kier alpha value is -2.28. The third-order valence-corrected chi connectivity index (χ3v) is 3.36. The molecule has 0 bridgehead atoms. The normalized spacial score (nSPS) is 17.9. The molecule has 20 heavy (non-hydrogen) atoms. The van der Waals surface area contributed by atoms with Crippen molar-refractivity contribution in [2.45, 2.75) is 18.9 Å². The van der Waals surface area contributed by atoms with Gasteiger partial charge in [-0.2, -0.15) is 0 Å². The number of nitroso groups, excluding NO2 is 1. The minimum atomic E-state index is -0.632. The zero-order valence-corrected chi connectivity index (χ0v) is 11.0. The van der Waals surface area contributed by atoms with Crippen molar-refractivity contribution in [1.82, 2.24) is 4.90 Å². The van der Waals surface area contributed by atoms with E-state index in [4.69, 9.17) is 5.73 Å². The molecular formula is C13H17N4O3+. The smallest absolute Gasteiger partial charge is 0.310 e. The van der Waals surface area contributed by atoms with Crippen molar-refractivity contribution in [2.24, 2.45) is 5.73 Å². The molecule has 3 N–H and O–H groups in total. The predicted molar refractivity (Wildman–Crippen MR) is 72.0 cm³/mol. The number of rotatable bonds is 4. The van der Waals surface area contributed by atoms with Crippen LogP contribution in [0.2, 0.25) is 0 Å². The van der Waals surface area contributed by atoms with E-state index in [0.717, 1.165) is 11.4 Å². The van der Waals surface area contributed by atoms with Crippen LogP contribution < -0.4 is 16.0 Å². The number of hydrazine groups is 1. The van der Waals surface area contributed by atoms with Gasteiger partial charge in [0, 0.05) is 11.5 Å². The second-order valence-electron chi connectivity index (χ2n) is 4.55. The fourth-order valence-electron chi connectivity index (χ4n) is 2.39. The van der Waals surface area contributed by atoms with Crippen LogP contribution in [0.25, 0.3) is 0 Å². The van der Waals surface area contributed by atoms with Gasteiger partial charge in [-0.15, -0.1) is 0 Å². The van der Waals surface area contributed by atoms with E-state index in [1.165, 1.54) is 4.90 Å². The molecule has 0 saturated carbocycles. The van der Waals surface area contributed by atoms with Gasteiger partial charge in [0.2, 0.25) is 5.91 Å². The van der Waals surface area contributed by atoms with E-state index in [2.05, 4.69) is 0 Å². The molecular weight excluding hydrogens is 260 g/mol. The van der Waals surface area contributed by atoms with E-state index < -0.39 is 11.9 Å². The van der Waals surface area contributed by atoms with Gasteiger partial charge in [0.1, 0.15) is 17.0 Å². The molecule has 2 amide bonds. The highest BCUT2D eigenvalue weighted by molar-refractivity contribution is 5.97. The van der Waals surface area contributed by atoms with Crippen LogP contribution in [0.5, 0.6) is 0 Å². The van der Waals surface area contributed by atoms with E-state index in [1.807, 2.05) is 0 Å². The van der Waals surface area contributed by atoms with Crippen molar-refractivity contribution >= 4 is 17.5 Å². The maximum Gasteiger partial charge on any atom is 0.310 e. The quantitative estimate of drug-likeness (QED) is 0.671. The van der Waals surface area contributed by atoms with Crippen molar-refractivity contribution in [1.29, 1.82) is 0 Å². The van der Waals surface area contributed by atoms with Crippen LogP contribution in [-0.4, -0.2) is 35.8 Å². The molecule has 7 heteroatoms. The summed E-state index contributed by atoms with van der Waals surface area (Å²) >= 11 is 0. The average molecular weight is 277 g/mol. The minimum Gasteiger partial charge on any atom is -0.329 e. The van der Waals surface area contributed by atoms with E-state index in [-0.39, 0.29) is 12.5 Å². The summed E-state index contributed by atoms with van der Waals surface area (Å²) in [6.07, 6.45) is 1.26. The number of nitrogens with zero attached hydrogens (tertiary/aromatic N) is 2. The summed E-state index contributed by atoms with van der Waals surface area (Å²) in [7, 11) is 0. The van der Waals surface area contributed by atoms with Crippen molar-refractivity contribution in [2.75, 3.05) is 18.1 Å². The Kier molecular flexibility index (Phi) is 4.41. The highest BCUT2D eigenvalue weighted by atomic mass is 16.3. The van der Waals surface area contributed by atoms with E-state index in [0.29, 0.717) is 18.7 Å². The van der Waals surface area contributed by atoms with Crippen molar-refractivity contribution in [3.8, 4) is 0 Å². The molecule has 1 fully saturated rings. The van der Waals surface area contributed by atoms with Gasteiger partial charge in [-0.1, -0.05) is 18.2 Å². The van der Waals surface area contributed by atoms with Gasteiger partial charge in [0.15, 0.2) is 0 Å². The first-order chi connectivity index (χ1) is 9.69. The Morgan fingerprint density at radius 2 is 2.05 bits per heavy atom. The van der Waals surface area contributed by atoms with Crippen molar-refractivity contribution in [3.63, 3.8) is 0 Å². The molecule has 0 spiro atoms. The molecule has 1 aliphatic heterocycles. The Morgan fingerprint density at radius 1 is 1.35 bits per heavy atom. The third-order valence-electron chi connectivity index (χ3n) is 3.36. The summed E-state index contributed by atoms with van der Waals surface area (Å²) in [5, 5.41) is 2.56. The van der Waals surface area contributed by atoms with Gasteiger partial charge in [-0.25, -0.2) is 0 Å². The highest BCUT2D eigenvalue weighted by Crippen LogP contribution is 2.20. The zero-order valence-electron chi connectivity index (χ0n) is 11.0. The lowest BCUT2D eigenvalue weighted by Gasteiger charge is -2.23. The summed E-state index contributed by atoms with van der Waals surface area (Å²) in [6, 6.07) is 7.90. The van der Waals surface area contributed by atoms with Crippen LogP contribution >= 0.6 is 0 Å². The first-order valence-corrected chi connectivity index (χ1v) is 6.45. The Labute approximate surface area is 116 Å². The number of benzene rings is 1. The number of nitrogens with one attached hydrogen (secondary N) is 1. The number of nitrogens with two attached hydrogens (primary N) is 1. The van der Waals surface area contributed by atoms with Crippen LogP contribution in [-0.2, 0) is 9.59 Å². The molecule has 1 heterocycles. The lowest BCUT2D eigenvalue weighted by Crippen LogP contribution is -2.82. The summed E-state index contributed by atoms with van der Waals surface area (Å²) in [5.41, 5.74) is 5.78. The second kappa shape index (κ2) is 6.25. The molecule has 1 atom stereocenters. The van der Waals surface area contributed by atoms with Crippen LogP contribution in [0.3, 0.4) is 0 Å².